The third-order valence-corrected chi connectivity index (χ3v) is 24.5. The van der Waals surface area contributed by atoms with E-state index in [1.54, 1.807) is 0 Å². The molecule has 6 aromatic heterocycles. The molecule has 0 spiro atoms. The van der Waals surface area contributed by atoms with Gasteiger partial charge >= 0.3 is 0 Å². The smallest absolute Gasteiger partial charge is 0.186 e. The van der Waals surface area contributed by atoms with Crippen LogP contribution in [0.5, 0.6) is 0 Å². The van der Waals surface area contributed by atoms with Gasteiger partial charge < -0.3 is 26.5 Å². The summed E-state index contributed by atoms with van der Waals surface area (Å²) in [5.74, 6) is 20.7. The van der Waals surface area contributed by atoms with Crippen molar-refractivity contribution in [2.24, 2.45) is 0 Å². The largest absolute Gasteiger partial charge is 0.459 e. The molecule has 12 heterocycles. The van der Waals surface area contributed by atoms with Crippen molar-refractivity contribution in [2.75, 3.05) is 69.0 Å². The lowest BCUT2D eigenvalue weighted by molar-refractivity contribution is 0.483. The molecule has 6 aliphatic rings. The second kappa shape index (κ2) is 14.9. The van der Waals surface area contributed by atoms with Gasteiger partial charge in [0.25, 0.3) is 0 Å². The molecule has 0 atom stereocenters. The molecule has 0 amide bonds. The Morgan fingerprint density at radius 2 is 0.444 bits per heavy atom. The summed E-state index contributed by atoms with van der Waals surface area (Å²) >= 11 is 22.4. The molecule has 6 aromatic rings. The summed E-state index contributed by atoms with van der Waals surface area (Å²) in [5.41, 5.74) is 0. The van der Waals surface area contributed by atoms with Crippen LogP contribution in [-0.4, -0.2) is 69.0 Å². The molecule has 12 rings (SSSR count). The molecule has 0 saturated heterocycles. The third kappa shape index (κ3) is 5.82. The van der Waals surface area contributed by atoms with Gasteiger partial charge in [-0.2, -0.15) is 0 Å². The fraction of sp³-hybridized carbons (Fsp3) is 0.333. The minimum atomic E-state index is 0.799. The van der Waals surface area contributed by atoms with E-state index in [2.05, 4.69) is 0 Å². The molecular formula is C36H26O6S12. The summed E-state index contributed by atoms with van der Waals surface area (Å²) in [6, 6.07) is 0. The minimum absolute atomic E-state index is 0.799. The third-order valence-electron chi connectivity index (χ3n) is 9.23. The molecule has 0 aromatic carbocycles. The summed E-state index contributed by atoms with van der Waals surface area (Å²) in [7, 11) is 0. The van der Waals surface area contributed by atoms with E-state index >= 15 is 0 Å². The van der Waals surface area contributed by atoms with Gasteiger partial charge in [0, 0.05) is 69.0 Å². The van der Waals surface area contributed by atoms with Crippen LogP contribution in [0.15, 0.2) is 97.8 Å². The average molecular weight is 939 g/mol. The number of thioether (sulfide) groups is 12. The SMILES string of the molecule is c1oc(-c2oc(-c3oc(-c4oc(-c5oc(-c6occ7c6SCCS7)c6c5SCCS6)c5c4SCCS5)c4c3SCCS4)c3c2SCCS3)c2c1SCCS2. The Hall–Kier alpha value is -0.120. The molecule has 0 bridgehead atoms. The molecule has 6 aliphatic heterocycles. The van der Waals surface area contributed by atoms with E-state index < -0.39 is 0 Å². The standard InChI is InChI=1S/C36H26O6S12/c1-3-45-27-15(43-1)13-37-17(27)19-29-31(49-7-5-47-29)21(39-19)23-33-35(53-11-9-51-33)25(41-23)26-36-34(52-10-12-54-36)24(42-26)22-32-30(48-6-8-50-32)20(40-22)18-28-16(14-38-18)44-2-4-46-28/h13-14H,1-12H2. The minimum Gasteiger partial charge on any atom is -0.459 e. The van der Waals surface area contributed by atoms with Gasteiger partial charge in [0.15, 0.2) is 57.6 Å². The van der Waals surface area contributed by atoms with Gasteiger partial charge in [-0.05, 0) is 0 Å². The summed E-state index contributed by atoms with van der Waals surface area (Å²) in [4.78, 5) is 14.1. The molecule has 6 nitrogen and oxygen atoms in total. The van der Waals surface area contributed by atoms with Crippen molar-refractivity contribution in [3.05, 3.63) is 12.5 Å². The van der Waals surface area contributed by atoms with Crippen LogP contribution in [0.3, 0.4) is 0 Å². The highest BCUT2D eigenvalue weighted by Gasteiger charge is 2.40. The van der Waals surface area contributed by atoms with Crippen LogP contribution in [0.25, 0.3) is 57.6 Å². The molecule has 0 saturated carbocycles. The van der Waals surface area contributed by atoms with E-state index in [0.29, 0.717) is 0 Å². The number of hydrogen-bond donors (Lipinski definition) is 0. The molecular weight excluding hydrogens is 913 g/mol. The van der Waals surface area contributed by atoms with Crippen molar-refractivity contribution in [3.8, 4) is 57.6 Å². The fourth-order valence-corrected chi connectivity index (χ4v) is 21.2. The van der Waals surface area contributed by atoms with Crippen molar-refractivity contribution in [1.29, 1.82) is 0 Å². The first kappa shape index (κ1) is 35.8. The monoisotopic (exact) mass is 938 g/mol. The highest BCUT2D eigenvalue weighted by atomic mass is 32.2. The van der Waals surface area contributed by atoms with Gasteiger partial charge in [-0.3, -0.25) is 0 Å². The molecule has 0 aliphatic carbocycles. The Morgan fingerprint density at radius 3 is 0.704 bits per heavy atom. The van der Waals surface area contributed by atoms with E-state index in [4.69, 9.17) is 26.5 Å². The van der Waals surface area contributed by atoms with Gasteiger partial charge in [-0.15, -0.1) is 141 Å². The predicted molar refractivity (Wildman–Crippen MR) is 236 cm³/mol. The molecule has 0 radical (unpaired) electrons. The van der Waals surface area contributed by atoms with E-state index in [9.17, 15) is 0 Å². The normalized spacial score (nSPS) is 19.2. The van der Waals surface area contributed by atoms with Crippen molar-refractivity contribution < 1.29 is 26.5 Å². The Kier molecular flexibility index (Phi) is 9.85. The molecule has 0 unspecified atom stereocenters. The first-order valence-corrected chi connectivity index (χ1v) is 29.1. The molecule has 18 heteroatoms. The lowest BCUT2D eigenvalue weighted by Gasteiger charge is -2.13. The molecule has 0 fully saturated rings. The van der Waals surface area contributed by atoms with Crippen molar-refractivity contribution in [2.45, 2.75) is 58.7 Å². The Morgan fingerprint density at radius 1 is 0.241 bits per heavy atom. The van der Waals surface area contributed by atoms with Crippen LogP contribution in [0.1, 0.15) is 0 Å². The van der Waals surface area contributed by atoms with Crippen molar-refractivity contribution in [1.82, 2.24) is 0 Å². The van der Waals surface area contributed by atoms with Gasteiger partial charge in [-0.25, -0.2) is 0 Å². The van der Waals surface area contributed by atoms with Crippen LogP contribution in [0.2, 0.25) is 0 Å². The number of fused-ring (bicyclic) bond motifs is 6. The maximum atomic E-state index is 7.13. The maximum absolute atomic E-state index is 7.13. The number of rotatable bonds is 5. The van der Waals surface area contributed by atoms with E-state index in [1.165, 1.54) is 29.4 Å². The van der Waals surface area contributed by atoms with Crippen LogP contribution in [0, 0.1) is 0 Å². The lowest BCUT2D eigenvalue weighted by Crippen LogP contribution is -1.95. The number of furan rings is 6. The molecule has 278 valence electrons. The van der Waals surface area contributed by atoms with Crippen LogP contribution < -0.4 is 0 Å². The van der Waals surface area contributed by atoms with E-state index in [-0.39, 0.29) is 0 Å². The Balaban J connectivity index is 1.02. The Bertz CT molecular complexity index is 2290. The second-order valence-electron chi connectivity index (χ2n) is 12.4. The zero-order valence-electron chi connectivity index (χ0n) is 28.0. The maximum Gasteiger partial charge on any atom is 0.186 e. The van der Waals surface area contributed by atoms with Crippen LogP contribution in [0.4, 0.5) is 0 Å². The first-order valence-electron chi connectivity index (χ1n) is 17.3. The highest BCUT2D eigenvalue weighted by Crippen LogP contribution is 2.62. The fourth-order valence-electron chi connectivity index (χ4n) is 7.04. The van der Waals surface area contributed by atoms with Gasteiger partial charge in [-0.1, -0.05) is 0 Å². The lowest BCUT2D eigenvalue weighted by atomic mass is 10.3. The zero-order chi connectivity index (χ0) is 35.3. The number of hydrogen-bond acceptors (Lipinski definition) is 18. The highest BCUT2D eigenvalue weighted by molar-refractivity contribution is 8.08. The Labute approximate surface area is 361 Å². The van der Waals surface area contributed by atoms with E-state index in [0.717, 1.165) is 156 Å². The summed E-state index contributed by atoms with van der Waals surface area (Å²) in [6.45, 7) is 0. The average Bonchev–Trinajstić information content (AvgIpc) is 4.09. The van der Waals surface area contributed by atoms with Gasteiger partial charge in [0.05, 0.1) is 58.7 Å². The van der Waals surface area contributed by atoms with Crippen LogP contribution >= 0.6 is 141 Å². The van der Waals surface area contributed by atoms with Gasteiger partial charge in [0.1, 0.15) is 12.5 Å². The summed E-state index contributed by atoms with van der Waals surface area (Å²) in [6.07, 6.45) is 3.81. The molecule has 0 N–H and O–H groups in total. The summed E-state index contributed by atoms with van der Waals surface area (Å²) < 4.78 is 40.7. The van der Waals surface area contributed by atoms with Gasteiger partial charge in [0.2, 0.25) is 0 Å². The quantitative estimate of drug-likeness (QED) is 0.164. The van der Waals surface area contributed by atoms with Crippen LogP contribution in [-0.2, 0) is 0 Å². The van der Waals surface area contributed by atoms with Crippen molar-refractivity contribution in [3.63, 3.8) is 0 Å². The van der Waals surface area contributed by atoms with E-state index in [1.807, 2.05) is 154 Å². The zero-order valence-corrected chi connectivity index (χ0v) is 37.8. The predicted octanol–water partition coefficient (Wildman–Crippen LogP) is 14.8. The second-order valence-corrected chi connectivity index (χ2v) is 25.7. The van der Waals surface area contributed by atoms with Crippen molar-refractivity contribution >= 4 is 141 Å². The molecule has 54 heavy (non-hydrogen) atoms. The topological polar surface area (TPSA) is 78.8 Å². The summed E-state index contributed by atoms with van der Waals surface area (Å²) in [5, 5.41) is 0. The first-order chi connectivity index (χ1) is 26.8.